The number of rotatable bonds is 2. The number of hydrogen-bond acceptors (Lipinski definition) is 3. The van der Waals surface area contributed by atoms with Gasteiger partial charge in [-0.2, -0.15) is 5.26 Å². The Labute approximate surface area is 123 Å². The zero-order valence-corrected chi connectivity index (χ0v) is 12.0. The average molecular weight is 273 g/mol. The lowest BCUT2D eigenvalue weighted by Gasteiger charge is -2.12. The van der Waals surface area contributed by atoms with Crippen LogP contribution in [-0.2, 0) is 0 Å². The molecule has 3 aromatic rings. The smallest absolute Gasteiger partial charge is 0.132 e. The van der Waals surface area contributed by atoms with Gasteiger partial charge < -0.3 is 5.32 Å². The van der Waals surface area contributed by atoms with E-state index in [0.29, 0.717) is 11.4 Å². The summed E-state index contributed by atoms with van der Waals surface area (Å²) in [5, 5.41) is 13.5. The van der Waals surface area contributed by atoms with Crippen LogP contribution in [0.4, 0.5) is 11.5 Å². The van der Waals surface area contributed by atoms with Gasteiger partial charge in [-0.05, 0) is 43.2 Å². The summed E-state index contributed by atoms with van der Waals surface area (Å²) in [5.41, 5.74) is 4.88. The predicted octanol–water partition coefficient (Wildman–Crippen LogP) is 4.47. The van der Waals surface area contributed by atoms with Crippen molar-refractivity contribution in [2.24, 2.45) is 0 Å². The molecule has 0 unspecified atom stereocenters. The van der Waals surface area contributed by atoms with Gasteiger partial charge in [-0.1, -0.05) is 30.3 Å². The lowest BCUT2D eigenvalue weighted by atomic mass is 10.1. The van der Waals surface area contributed by atoms with Crippen molar-refractivity contribution in [1.29, 1.82) is 5.26 Å². The minimum Gasteiger partial charge on any atom is -0.340 e. The van der Waals surface area contributed by atoms with E-state index in [0.717, 1.165) is 16.6 Å². The van der Waals surface area contributed by atoms with Gasteiger partial charge in [0.15, 0.2) is 0 Å². The fraction of sp³-hybridized carbons (Fsp3) is 0.111. The average Bonchev–Trinajstić information content (AvgIpc) is 2.51. The van der Waals surface area contributed by atoms with Gasteiger partial charge in [0.25, 0.3) is 0 Å². The Balaban J connectivity index is 2.09. The van der Waals surface area contributed by atoms with Crippen LogP contribution in [-0.4, -0.2) is 4.98 Å². The first-order chi connectivity index (χ1) is 10.2. The van der Waals surface area contributed by atoms with Gasteiger partial charge in [0.1, 0.15) is 5.82 Å². The molecule has 102 valence electrons. The van der Waals surface area contributed by atoms with Gasteiger partial charge in [-0.3, -0.25) is 0 Å². The Bertz CT molecular complexity index is 860. The molecule has 3 heteroatoms. The lowest BCUT2D eigenvalue weighted by Crippen LogP contribution is -1.98. The van der Waals surface area contributed by atoms with E-state index in [1.54, 1.807) is 6.07 Å². The molecule has 0 amide bonds. The molecule has 0 saturated carbocycles. The van der Waals surface area contributed by atoms with Crippen LogP contribution in [0.15, 0.2) is 48.5 Å². The summed E-state index contributed by atoms with van der Waals surface area (Å²) in [7, 11) is 0. The van der Waals surface area contributed by atoms with E-state index in [1.165, 1.54) is 11.1 Å². The quantitative estimate of drug-likeness (QED) is 0.749. The van der Waals surface area contributed by atoms with E-state index in [2.05, 4.69) is 36.3 Å². The van der Waals surface area contributed by atoms with Gasteiger partial charge >= 0.3 is 0 Å². The number of fused-ring (bicyclic) bond motifs is 1. The van der Waals surface area contributed by atoms with Crippen LogP contribution in [0.2, 0.25) is 0 Å². The maximum atomic E-state index is 9.32. The van der Waals surface area contributed by atoms with Crippen molar-refractivity contribution in [2.75, 3.05) is 5.32 Å². The van der Waals surface area contributed by atoms with Crippen LogP contribution < -0.4 is 5.32 Å². The molecule has 0 aliphatic heterocycles. The summed E-state index contributed by atoms with van der Waals surface area (Å²) in [4.78, 5) is 4.59. The number of benzene rings is 2. The zero-order chi connectivity index (χ0) is 14.8. The normalized spacial score (nSPS) is 10.3. The number of para-hydroxylation sites is 1. The summed E-state index contributed by atoms with van der Waals surface area (Å²) in [6, 6.07) is 17.8. The summed E-state index contributed by atoms with van der Waals surface area (Å²) in [5.74, 6) is 0.693. The van der Waals surface area contributed by atoms with Crippen molar-refractivity contribution < 1.29 is 0 Å². The second-order valence-corrected chi connectivity index (χ2v) is 5.06. The maximum Gasteiger partial charge on any atom is 0.132 e. The van der Waals surface area contributed by atoms with Gasteiger partial charge in [0, 0.05) is 11.1 Å². The molecule has 1 heterocycles. The zero-order valence-electron chi connectivity index (χ0n) is 12.0. The van der Waals surface area contributed by atoms with Gasteiger partial charge in [0.2, 0.25) is 0 Å². The summed E-state index contributed by atoms with van der Waals surface area (Å²) < 4.78 is 0. The van der Waals surface area contributed by atoms with Crippen LogP contribution in [0.3, 0.4) is 0 Å². The molecule has 1 aromatic heterocycles. The number of aryl methyl sites for hydroxylation is 1. The Hall–Kier alpha value is -2.86. The highest BCUT2D eigenvalue weighted by Crippen LogP contribution is 2.25. The lowest BCUT2D eigenvalue weighted by molar-refractivity contribution is 1.30. The number of nitrogens with one attached hydrogen (secondary N) is 1. The van der Waals surface area contributed by atoms with E-state index in [4.69, 9.17) is 0 Å². The highest BCUT2D eigenvalue weighted by Gasteiger charge is 2.07. The molecule has 0 atom stereocenters. The third-order valence-corrected chi connectivity index (χ3v) is 3.70. The van der Waals surface area contributed by atoms with E-state index >= 15 is 0 Å². The van der Waals surface area contributed by atoms with Crippen molar-refractivity contribution in [1.82, 2.24) is 4.98 Å². The van der Waals surface area contributed by atoms with E-state index in [-0.39, 0.29) is 0 Å². The molecule has 0 spiro atoms. The largest absolute Gasteiger partial charge is 0.340 e. The van der Waals surface area contributed by atoms with Crippen molar-refractivity contribution in [3.05, 3.63) is 65.2 Å². The Morgan fingerprint density at radius 1 is 1.05 bits per heavy atom. The molecule has 1 N–H and O–H groups in total. The second kappa shape index (κ2) is 5.26. The molecule has 3 nitrogen and oxygen atoms in total. The molecule has 0 aliphatic carbocycles. The molecule has 0 bridgehead atoms. The summed E-state index contributed by atoms with van der Waals surface area (Å²) in [6.45, 7) is 4.15. The first kappa shape index (κ1) is 13.1. The van der Waals surface area contributed by atoms with Crippen molar-refractivity contribution in [3.8, 4) is 6.07 Å². The summed E-state index contributed by atoms with van der Waals surface area (Å²) >= 11 is 0. The third kappa shape index (κ3) is 2.44. The number of pyridine rings is 1. The van der Waals surface area contributed by atoms with Crippen LogP contribution in [0.5, 0.6) is 0 Å². The van der Waals surface area contributed by atoms with Crippen molar-refractivity contribution in [2.45, 2.75) is 13.8 Å². The van der Waals surface area contributed by atoms with E-state index in [9.17, 15) is 5.26 Å². The van der Waals surface area contributed by atoms with Gasteiger partial charge in [0.05, 0.1) is 17.1 Å². The van der Waals surface area contributed by atoms with Gasteiger partial charge in [-0.15, -0.1) is 0 Å². The molecule has 2 aromatic carbocycles. The number of nitriles is 1. The van der Waals surface area contributed by atoms with Crippen LogP contribution in [0.25, 0.3) is 10.9 Å². The standard InChI is InChI=1S/C18H15N3/c1-12-6-5-9-16(13(12)2)20-18-10-14(11-19)15-7-3-4-8-17(15)21-18/h3-10H,1-2H3,(H,20,21). The van der Waals surface area contributed by atoms with Gasteiger partial charge in [-0.25, -0.2) is 4.98 Å². The van der Waals surface area contributed by atoms with Crippen molar-refractivity contribution >= 4 is 22.4 Å². The van der Waals surface area contributed by atoms with E-state index < -0.39 is 0 Å². The van der Waals surface area contributed by atoms with Crippen LogP contribution in [0, 0.1) is 25.2 Å². The Morgan fingerprint density at radius 2 is 1.86 bits per heavy atom. The summed E-state index contributed by atoms with van der Waals surface area (Å²) in [6.07, 6.45) is 0. The van der Waals surface area contributed by atoms with E-state index in [1.807, 2.05) is 36.4 Å². The number of aromatic nitrogens is 1. The highest BCUT2D eigenvalue weighted by molar-refractivity contribution is 5.87. The topological polar surface area (TPSA) is 48.7 Å². The van der Waals surface area contributed by atoms with Crippen LogP contribution in [0.1, 0.15) is 16.7 Å². The fourth-order valence-corrected chi connectivity index (χ4v) is 2.36. The minimum absolute atomic E-state index is 0.633. The first-order valence-corrected chi connectivity index (χ1v) is 6.82. The molecule has 0 aliphatic rings. The number of nitrogens with zero attached hydrogens (tertiary/aromatic N) is 2. The SMILES string of the molecule is Cc1cccc(Nc2cc(C#N)c3ccccc3n2)c1C. The molecule has 0 radical (unpaired) electrons. The third-order valence-electron chi connectivity index (χ3n) is 3.70. The molecular weight excluding hydrogens is 258 g/mol. The molecule has 0 fully saturated rings. The van der Waals surface area contributed by atoms with Crippen LogP contribution >= 0.6 is 0 Å². The minimum atomic E-state index is 0.633. The monoisotopic (exact) mass is 273 g/mol. The molecule has 21 heavy (non-hydrogen) atoms. The highest BCUT2D eigenvalue weighted by atomic mass is 15.0. The molecule has 3 rings (SSSR count). The first-order valence-electron chi connectivity index (χ1n) is 6.82. The molecular formula is C18H15N3. The Kier molecular flexibility index (Phi) is 3.29. The number of hydrogen-bond donors (Lipinski definition) is 1. The fourth-order valence-electron chi connectivity index (χ4n) is 2.36. The number of anilines is 2. The van der Waals surface area contributed by atoms with Crippen molar-refractivity contribution in [3.63, 3.8) is 0 Å². The second-order valence-electron chi connectivity index (χ2n) is 5.06. The maximum absolute atomic E-state index is 9.32. The Morgan fingerprint density at radius 3 is 2.67 bits per heavy atom. The predicted molar refractivity (Wildman–Crippen MR) is 85.7 cm³/mol. The molecule has 0 saturated heterocycles.